The molecule has 0 fully saturated rings. The van der Waals surface area contributed by atoms with Gasteiger partial charge in [-0.05, 0) is 69.9 Å². The third-order valence-corrected chi connectivity index (χ3v) is 8.11. The van der Waals surface area contributed by atoms with Crippen LogP contribution in [0.3, 0.4) is 0 Å². The molecule has 4 nitrogen and oxygen atoms in total. The normalized spacial score (nSPS) is 12.4. The highest BCUT2D eigenvalue weighted by molar-refractivity contribution is 9.11. The number of nitrogens with zero attached hydrogens (tertiary/aromatic N) is 1. The number of benzene rings is 2. The molecule has 1 atom stereocenters. The molecule has 28 heavy (non-hydrogen) atoms. The van der Waals surface area contributed by atoms with Gasteiger partial charge >= 0.3 is 0 Å². The summed E-state index contributed by atoms with van der Waals surface area (Å²) in [7, 11) is -3.73. The summed E-state index contributed by atoms with van der Waals surface area (Å²) in [5, 5.41) is 10.5. The van der Waals surface area contributed by atoms with E-state index in [0.717, 1.165) is 20.7 Å². The maximum absolute atomic E-state index is 12.6. The van der Waals surface area contributed by atoms with Gasteiger partial charge in [-0.2, -0.15) is 5.26 Å². The van der Waals surface area contributed by atoms with E-state index in [-0.39, 0.29) is 4.21 Å². The van der Waals surface area contributed by atoms with Gasteiger partial charge in [-0.3, -0.25) is 4.72 Å². The Labute approximate surface area is 185 Å². The fourth-order valence-electron chi connectivity index (χ4n) is 2.65. The Morgan fingerprint density at radius 2 is 1.82 bits per heavy atom. The Hall–Kier alpha value is -1.56. The largest absolute Gasteiger partial charge is 0.279 e. The molecular weight excluding hydrogens is 503 g/mol. The van der Waals surface area contributed by atoms with Crippen molar-refractivity contribution in [1.82, 2.24) is 0 Å². The highest BCUT2D eigenvalue weighted by atomic mass is 79.9. The van der Waals surface area contributed by atoms with Crippen molar-refractivity contribution in [1.29, 1.82) is 5.26 Å². The maximum Gasteiger partial charge on any atom is 0.271 e. The number of hydrogen-bond acceptors (Lipinski definition) is 4. The number of anilines is 1. The van der Waals surface area contributed by atoms with Crippen molar-refractivity contribution in [3.63, 3.8) is 0 Å². The predicted octanol–water partition coefficient (Wildman–Crippen LogP) is 6.58. The SMILES string of the molecule is Cc1cc([C@@H](C#N)c2ccc(Cl)cc2)c(Cl)cc1NS(=O)(=O)c1ccc(Br)s1. The molecule has 0 unspecified atom stereocenters. The van der Waals surface area contributed by atoms with Crippen LogP contribution in [0, 0.1) is 18.3 Å². The predicted molar refractivity (Wildman–Crippen MR) is 118 cm³/mol. The summed E-state index contributed by atoms with van der Waals surface area (Å²) in [5.74, 6) is -0.595. The van der Waals surface area contributed by atoms with Gasteiger partial charge in [-0.25, -0.2) is 8.42 Å². The molecule has 0 bridgehead atoms. The van der Waals surface area contributed by atoms with Crippen LogP contribution in [0.15, 0.2) is 56.5 Å². The molecule has 0 spiro atoms. The van der Waals surface area contributed by atoms with Crippen LogP contribution in [0.4, 0.5) is 5.69 Å². The number of hydrogen-bond donors (Lipinski definition) is 1. The van der Waals surface area contributed by atoms with Crippen molar-refractivity contribution in [2.45, 2.75) is 17.1 Å². The van der Waals surface area contributed by atoms with Gasteiger partial charge in [0.25, 0.3) is 10.0 Å². The molecule has 0 aliphatic rings. The number of halogens is 3. The smallest absolute Gasteiger partial charge is 0.271 e. The third-order valence-electron chi connectivity index (χ3n) is 4.04. The first-order valence-corrected chi connectivity index (χ1v) is 11.8. The van der Waals surface area contributed by atoms with Crippen molar-refractivity contribution in [3.05, 3.63) is 79.1 Å². The summed E-state index contributed by atoms with van der Waals surface area (Å²) in [6, 6.07) is 15.7. The van der Waals surface area contributed by atoms with E-state index in [1.54, 1.807) is 43.3 Å². The van der Waals surface area contributed by atoms with Gasteiger partial charge in [0.15, 0.2) is 0 Å². The topological polar surface area (TPSA) is 70.0 Å². The Kier molecular flexibility index (Phi) is 6.37. The molecule has 0 radical (unpaired) electrons. The quantitative estimate of drug-likeness (QED) is 0.417. The minimum absolute atomic E-state index is 0.190. The summed E-state index contributed by atoms with van der Waals surface area (Å²) < 4.78 is 28.6. The molecule has 0 aliphatic carbocycles. The van der Waals surface area contributed by atoms with E-state index in [2.05, 4.69) is 26.7 Å². The summed E-state index contributed by atoms with van der Waals surface area (Å²) in [6.45, 7) is 1.76. The Morgan fingerprint density at radius 1 is 1.14 bits per heavy atom. The van der Waals surface area contributed by atoms with E-state index < -0.39 is 15.9 Å². The van der Waals surface area contributed by atoms with Crippen LogP contribution in [0.1, 0.15) is 22.6 Å². The van der Waals surface area contributed by atoms with Gasteiger partial charge in [-0.15, -0.1) is 11.3 Å². The molecule has 3 rings (SSSR count). The standard InChI is InChI=1S/C19H13BrCl2N2O2S2/c1-11-8-14(15(10-23)12-2-4-13(21)5-3-12)16(22)9-17(11)24-28(25,26)19-7-6-18(20)27-19/h2-9,15,24H,1H3/t15-/m0/s1. The fraction of sp³-hybridized carbons (Fsp3) is 0.105. The minimum atomic E-state index is -3.73. The molecule has 0 saturated heterocycles. The molecule has 1 N–H and O–H groups in total. The summed E-state index contributed by atoms with van der Waals surface area (Å²) in [4.78, 5) is 0. The highest BCUT2D eigenvalue weighted by Gasteiger charge is 2.21. The number of nitrogens with one attached hydrogen (secondary N) is 1. The van der Waals surface area contributed by atoms with Crippen molar-refractivity contribution < 1.29 is 8.42 Å². The lowest BCUT2D eigenvalue weighted by Gasteiger charge is -2.16. The van der Waals surface area contributed by atoms with E-state index in [4.69, 9.17) is 23.2 Å². The zero-order valence-electron chi connectivity index (χ0n) is 14.4. The number of thiophene rings is 1. The number of nitriles is 1. The molecule has 2 aromatic carbocycles. The van der Waals surface area contributed by atoms with Gasteiger partial charge in [0.1, 0.15) is 4.21 Å². The van der Waals surface area contributed by atoms with Gasteiger partial charge in [0.05, 0.1) is 21.5 Å². The van der Waals surface area contributed by atoms with Gasteiger partial charge in [0, 0.05) is 10.0 Å². The second-order valence-electron chi connectivity index (χ2n) is 5.97. The molecule has 1 aromatic heterocycles. The van der Waals surface area contributed by atoms with E-state index in [0.29, 0.717) is 26.9 Å². The van der Waals surface area contributed by atoms with E-state index in [9.17, 15) is 13.7 Å². The van der Waals surface area contributed by atoms with Crippen LogP contribution < -0.4 is 4.72 Å². The molecule has 0 amide bonds. The van der Waals surface area contributed by atoms with E-state index in [1.807, 2.05) is 0 Å². The third kappa shape index (κ3) is 4.53. The molecular formula is C19H13BrCl2N2O2S2. The lowest BCUT2D eigenvalue weighted by molar-refractivity contribution is 0.603. The number of rotatable bonds is 5. The zero-order valence-corrected chi connectivity index (χ0v) is 19.1. The lowest BCUT2D eigenvalue weighted by Crippen LogP contribution is -2.13. The zero-order chi connectivity index (χ0) is 20.5. The summed E-state index contributed by atoms with van der Waals surface area (Å²) in [6.07, 6.45) is 0. The lowest BCUT2D eigenvalue weighted by atomic mass is 9.91. The van der Waals surface area contributed by atoms with Crippen molar-refractivity contribution in [2.24, 2.45) is 0 Å². The van der Waals surface area contributed by atoms with Crippen LogP contribution in [-0.2, 0) is 10.0 Å². The van der Waals surface area contributed by atoms with E-state index >= 15 is 0 Å². The molecule has 0 aliphatic heterocycles. The Bertz CT molecular complexity index is 1170. The van der Waals surface area contributed by atoms with Crippen LogP contribution in [0.2, 0.25) is 10.0 Å². The number of sulfonamides is 1. The highest BCUT2D eigenvalue weighted by Crippen LogP contribution is 2.35. The Morgan fingerprint density at radius 3 is 2.39 bits per heavy atom. The van der Waals surface area contributed by atoms with Gasteiger partial charge < -0.3 is 0 Å². The molecule has 0 saturated carbocycles. The van der Waals surface area contributed by atoms with Gasteiger partial charge in [-0.1, -0.05) is 41.4 Å². The second-order valence-corrected chi connectivity index (χ2v) is 11.2. The molecule has 144 valence electrons. The van der Waals surface area contributed by atoms with Gasteiger partial charge in [0.2, 0.25) is 0 Å². The monoisotopic (exact) mass is 514 g/mol. The first-order chi connectivity index (χ1) is 13.2. The maximum atomic E-state index is 12.6. The van der Waals surface area contributed by atoms with Crippen LogP contribution >= 0.6 is 50.5 Å². The van der Waals surface area contributed by atoms with Crippen LogP contribution in [-0.4, -0.2) is 8.42 Å². The summed E-state index contributed by atoms with van der Waals surface area (Å²) >= 11 is 16.7. The molecule has 3 aromatic rings. The van der Waals surface area contributed by atoms with Crippen molar-refractivity contribution in [2.75, 3.05) is 4.72 Å². The van der Waals surface area contributed by atoms with Crippen molar-refractivity contribution in [3.8, 4) is 6.07 Å². The fourth-order valence-corrected chi connectivity index (χ4v) is 6.18. The first kappa shape index (κ1) is 21.2. The first-order valence-electron chi connectivity index (χ1n) is 7.94. The average molecular weight is 516 g/mol. The molecule has 1 heterocycles. The minimum Gasteiger partial charge on any atom is -0.279 e. The van der Waals surface area contributed by atoms with Crippen LogP contribution in [0.25, 0.3) is 0 Å². The second kappa shape index (κ2) is 8.44. The average Bonchev–Trinajstić information content (AvgIpc) is 3.08. The van der Waals surface area contributed by atoms with Crippen molar-refractivity contribution >= 4 is 66.2 Å². The number of aryl methyl sites for hydroxylation is 1. The van der Waals surface area contributed by atoms with E-state index in [1.165, 1.54) is 12.1 Å². The Balaban J connectivity index is 1.97. The molecule has 9 heteroatoms. The van der Waals surface area contributed by atoms with Crippen LogP contribution in [0.5, 0.6) is 0 Å². The summed E-state index contributed by atoms with van der Waals surface area (Å²) in [5.41, 5.74) is 2.38.